The molecule has 1 aliphatic rings. The molecule has 0 saturated heterocycles. The van der Waals surface area contributed by atoms with Crippen LogP contribution in [-0.2, 0) is 21.4 Å². The predicted molar refractivity (Wildman–Crippen MR) is 145 cm³/mol. The van der Waals surface area contributed by atoms with E-state index in [1.807, 2.05) is 55.5 Å². The Bertz CT molecular complexity index is 981. The molecule has 0 aromatic heterocycles. The largest absolute Gasteiger partial charge is 0.483 e. The highest BCUT2D eigenvalue weighted by molar-refractivity contribution is 9.10. The van der Waals surface area contributed by atoms with Crippen LogP contribution in [0.5, 0.6) is 5.75 Å². The Kier molecular flexibility index (Phi) is 9.79. The zero-order valence-corrected chi connectivity index (χ0v) is 23.1. The molecule has 2 amide bonds. The lowest BCUT2D eigenvalue weighted by Gasteiger charge is -2.31. The van der Waals surface area contributed by atoms with E-state index in [9.17, 15) is 9.59 Å². The maximum Gasteiger partial charge on any atom is 0.261 e. The van der Waals surface area contributed by atoms with Crippen LogP contribution >= 0.6 is 15.9 Å². The molecule has 0 aliphatic heterocycles. The van der Waals surface area contributed by atoms with Gasteiger partial charge in [-0.15, -0.1) is 0 Å². The Morgan fingerprint density at radius 2 is 1.77 bits per heavy atom. The van der Waals surface area contributed by atoms with Crippen LogP contribution < -0.4 is 10.1 Å². The van der Waals surface area contributed by atoms with Gasteiger partial charge in [-0.05, 0) is 70.8 Å². The van der Waals surface area contributed by atoms with Crippen molar-refractivity contribution in [3.63, 3.8) is 0 Å². The molecule has 1 saturated carbocycles. The molecule has 0 radical (unpaired) electrons. The van der Waals surface area contributed by atoms with Gasteiger partial charge in [-0.25, -0.2) is 0 Å². The highest BCUT2D eigenvalue weighted by Crippen LogP contribution is 2.31. The first-order valence-electron chi connectivity index (χ1n) is 12.7. The number of benzene rings is 2. The van der Waals surface area contributed by atoms with Crippen molar-refractivity contribution in [2.75, 3.05) is 13.2 Å². The van der Waals surface area contributed by atoms with E-state index >= 15 is 0 Å². The second-order valence-electron chi connectivity index (χ2n) is 10.5. The number of carbonyl (C=O) groups excluding carboxylic acids is 2. The topological polar surface area (TPSA) is 58.6 Å². The maximum atomic E-state index is 13.3. The molecule has 0 bridgehead atoms. The van der Waals surface area contributed by atoms with Crippen LogP contribution in [0, 0.1) is 0 Å². The standard InChI is InChI=1S/C29H39BrN2O3/c1-21(28(34)31-24-13-9-6-10-14-24)32(18-17-22-11-7-5-8-12-22)27(33)20-35-26-16-15-23(19-25(26)30)29(2,3)4/h5,7-8,11-12,15-16,19,21,24H,6,9-10,13-14,17-18,20H2,1-4H3,(H,31,34). The quantitative estimate of drug-likeness (QED) is 0.420. The molecule has 1 N–H and O–H groups in total. The molecule has 2 aromatic carbocycles. The number of amides is 2. The van der Waals surface area contributed by atoms with Gasteiger partial charge < -0.3 is 15.0 Å². The Morgan fingerprint density at radius 1 is 1.09 bits per heavy atom. The van der Waals surface area contributed by atoms with Crippen LogP contribution in [0.15, 0.2) is 53.0 Å². The van der Waals surface area contributed by atoms with Crippen LogP contribution in [0.3, 0.4) is 0 Å². The van der Waals surface area contributed by atoms with E-state index in [0.29, 0.717) is 18.7 Å². The Labute approximate surface area is 218 Å². The van der Waals surface area contributed by atoms with Crippen LogP contribution in [0.4, 0.5) is 0 Å². The first-order valence-corrected chi connectivity index (χ1v) is 13.5. The van der Waals surface area contributed by atoms with Gasteiger partial charge in [-0.2, -0.15) is 0 Å². The summed E-state index contributed by atoms with van der Waals surface area (Å²) in [5, 5.41) is 3.17. The Morgan fingerprint density at radius 3 is 2.40 bits per heavy atom. The summed E-state index contributed by atoms with van der Waals surface area (Å²) < 4.78 is 6.73. The average Bonchev–Trinajstić information content (AvgIpc) is 2.84. The highest BCUT2D eigenvalue weighted by Gasteiger charge is 2.28. The molecule has 35 heavy (non-hydrogen) atoms. The summed E-state index contributed by atoms with van der Waals surface area (Å²) in [7, 11) is 0. The van der Waals surface area contributed by atoms with Gasteiger partial charge in [0.25, 0.3) is 5.91 Å². The molecular formula is C29H39BrN2O3. The number of carbonyl (C=O) groups is 2. The lowest BCUT2D eigenvalue weighted by atomic mass is 9.87. The van der Waals surface area contributed by atoms with Gasteiger partial charge in [0.1, 0.15) is 11.8 Å². The molecule has 1 unspecified atom stereocenters. The molecule has 1 aliphatic carbocycles. The fourth-order valence-electron chi connectivity index (χ4n) is 4.45. The van der Waals surface area contributed by atoms with Gasteiger partial charge in [0.05, 0.1) is 4.47 Å². The minimum absolute atomic E-state index is 0.0201. The Hall–Kier alpha value is -2.34. The first-order chi connectivity index (χ1) is 16.6. The average molecular weight is 544 g/mol. The number of hydrogen-bond acceptors (Lipinski definition) is 3. The zero-order chi connectivity index (χ0) is 25.4. The fraction of sp³-hybridized carbons (Fsp3) is 0.517. The van der Waals surface area contributed by atoms with E-state index < -0.39 is 6.04 Å². The van der Waals surface area contributed by atoms with Crippen molar-refractivity contribution in [2.24, 2.45) is 0 Å². The van der Waals surface area contributed by atoms with E-state index in [1.54, 1.807) is 4.90 Å². The molecule has 0 heterocycles. The minimum atomic E-state index is -0.566. The molecule has 5 nitrogen and oxygen atoms in total. The first kappa shape index (κ1) is 27.3. The molecule has 0 spiro atoms. The minimum Gasteiger partial charge on any atom is -0.483 e. The number of hydrogen-bond donors (Lipinski definition) is 1. The van der Waals surface area contributed by atoms with E-state index in [4.69, 9.17) is 4.74 Å². The summed E-state index contributed by atoms with van der Waals surface area (Å²) in [6.45, 7) is 8.61. The van der Waals surface area contributed by atoms with Gasteiger partial charge in [-0.1, -0.05) is 76.4 Å². The van der Waals surface area contributed by atoms with Crippen LogP contribution in [0.2, 0.25) is 0 Å². The summed E-state index contributed by atoms with van der Waals surface area (Å²) in [6, 6.07) is 15.6. The van der Waals surface area contributed by atoms with Crippen molar-refractivity contribution in [3.05, 3.63) is 64.1 Å². The van der Waals surface area contributed by atoms with Crippen LogP contribution in [0.1, 0.15) is 70.9 Å². The maximum absolute atomic E-state index is 13.3. The third kappa shape index (κ3) is 8.09. The molecule has 3 rings (SSSR count). The summed E-state index contributed by atoms with van der Waals surface area (Å²) in [5.74, 6) is 0.335. The third-order valence-corrected chi connectivity index (χ3v) is 7.37. The van der Waals surface area contributed by atoms with E-state index in [0.717, 1.165) is 35.7 Å². The summed E-state index contributed by atoms with van der Waals surface area (Å²) in [4.78, 5) is 28.0. The van der Waals surface area contributed by atoms with Crippen molar-refractivity contribution in [1.82, 2.24) is 10.2 Å². The molecule has 1 atom stereocenters. The van der Waals surface area contributed by atoms with Gasteiger partial charge in [0.15, 0.2) is 6.61 Å². The summed E-state index contributed by atoms with van der Waals surface area (Å²) in [6.07, 6.45) is 6.22. The van der Waals surface area contributed by atoms with Crippen molar-refractivity contribution in [3.8, 4) is 5.75 Å². The summed E-state index contributed by atoms with van der Waals surface area (Å²) in [5.41, 5.74) is 2.33. The van der Waals surface area contributed by atoms with Gasteiger partial charge in [0, 0.05) is 12.6 Å². The smallest absolute Gasteiger partial charge is 0.261 e. The van der Waals surface area contributed by atoms with Crippen molar-refractivity contribution < 1.29 is 14.3 Å². The molecule has 1 fully saturated rings. The zero-order valence-electron chi connectivity index (χ0n) is 21.5. The number of nitrogens with zero attached hydrogens (tertiary/aromatic N) is 1. The SMILES string of the molecule is CC(C(=O)NC1CCCCC1)N(CCc1ccccc1)C(=O)COc1ccc(C(C)(C)C)cc1Br. The van der Waals surface area contributed by atoms with Gasteiger partial charge in [-0.3, -0.25) is 9.59 Å². The van der Waals surface area contributed by atoms with Gasteiger partial charge >= 0.3 is 0 Å². The van der Waals surface area contributed by atoms with Gasteiger partial charge in [0.2, 0.25) is 5.91 Å². The normalized spacial score (nSPS) is 15.3. The lowest BCUT2D eigenvalue weighted by molar-refractivity contribution is -0.141. The molecular weight excluding hydrogens is 504 g/mol. The van der Waals surface area contributed by atoms with Crippen LogP contribution in [-0.4, -0.2) is 41.9 Å². The summed E-state index contributed by atoms with van der Waals surface area (Å²) >= 11 is 3.58. The third-order valence-electron chi connectivity index (χ3n) is 6.75. The van der Waals surface area contributed by atoms with E-state index in [2.05, 4.69) is 42.0 Å². The van der Waals surface area contributed by atoms with Crippen LogP contribution in [0.25, 0.3) is 0 Å². The van der Waals surface area contributed by atoms with E-state index in [1.165, 1.54) is 12.0 Å². The lowest BCUT2D eigenvalue weighted by Crippen LogP contribution is -2.52. The predicted octanol–water partition coefficient (Wildman–Crippen LogP) is 6.03. The molecule has 190 valence electrons. The fourth-order valence-corrected chi connectivity index (χ4v) is 4.94. The van der Waals surface area contributed by atoms with Crippen molar-refractivity contribution in [2.45, 2.75) is 83.7 Å². The number of halogens is 1. The molecule has 2 aromatic rings. The highest BCUT2D eigenvalue weighted by atomic mass is 79.9. The second kappa shape index (κ2) is 12.6. The number of ether oxygens (including phenoxy) is 1. The monoisotopic (exact) mass is 542 g/mol. The van der Waals surface area contributed by atoms with Crippen molar-refractivity contribution >= 4 is 27.7 Å². The Balaban J connectivity index is 1.68. The van der Waals surface area contributed by atoms with E-state index in [-0.39, 0.29) is 29.9 Å². The number of rotatable bonds is 9. The second-order valence-corrected chi connectivity index (χ2v) is 11.4. The van der Waals surface area contributed by atoms with Crippen molar-refractivity contribution in [1.29, 1.82) is 0 Å². The number of nitrogens with one attached hydrogen (secondary N) is 1. The molecule has 6 heteroatoms.